The lowest BCUT2D eigenvalue weighted by molar-refractivity contribution is -0.141. The van der Waals surface area contributed by atoms with Crippen molar-refractivity contribution in [2.24, 2.45) is 5.92 Å². The first-order valence-electron chi connectivity index (χ1n) is 10.5. The van der Waals surface area contributed by atoms with E-state index >= 15 is 0 Å². The molecule has 0 spiro atoms. The summed E-state index contributed by atoms with van der Waals surface area (Å²) in [7, 11) is 1.34. The third-order valence-corrected chi connectivity index (χ3v) is 5.28. The van der Waals surface area contributed by atoms with Gasteiger partial charge in [-0.05, 0) is 69.4 Å². The van der Waals surface area contributed by atoms with Crippen LogP contribution >= 0.6 is 11.6 Å². The van der Waals surface area contributed by atoms with E-state index in [9.17, 15) is 14.4 Å². The molecule has 2 N–H and O–H groups in total. The summed E-state index contributed by atoms with van der Waals surface area (Å²) in [5.74, 6) is -0.655. The second kappa shape index (κ2) is 11.1. The van der Waals surface area contributed by atoms with Gasteiger partial charge in [0.1, 0.15) is 0 Å². The Morgan fingerprint density at radius 3 is 2.25 bits per heavy atom. The summed E-state index contributed by atoms with van der Waals surface area (Å²) in [4.78, 5) is 36.7. The quantitative estimate of drug-likeness (QED) is 0.400. The van der Waals surface area contributed by atoms with Crippen molar-refractivity contribution in [2.75, 3.05) is 12.4 Å². The smallest absolute Gasteiger partial charge is 0.319 e. The maximum absolute atomic E-state index is 12.8. The van der Waals surface area contributed by atoms with Gasteiger partial charge in [0.15, 0.2) is 5.78 Å². The lowest BCUT2D eigenvalue weighted by Crippen LogP contribution is -2.43. The predicted molar refractivity (Wildman–Crippen MR) is 127 cm³/mol. The molecule has 0 saturated heterocycles. The highest BCUT2D eigenvalue weighted by atomic mass is 35.5. The molecule has 7 heteroatoms. The molecule has 32 heavy (non-hydrogen) atoms. The molecule has 0 heterocycles. The average molecular weight is 459 g/mol. The summed E-state index contributed by atoms with van der Waals surface area (Å²) in [5, 5.41) is 6.17. The number of ether oxygens (including phenoxy) is 1. The molecule has 0 aliphatic heterocycles. The third-order valence-electron chi connectivity index (χ3n) is 4.88. The number of ketones is 1. The Bertz CT molecular complexity index is 965. The van der Waals surface area contributed by atoms with E-state index < -0.39 is 0 Å². The number of Topliss-reactive ketones (excluding diaryl/α,β-unsaturated/α-hetero) is 1. The molecule has 172 valence electrons. The third kappa shape index (κ3) is 8.35. The Labute approximate surface area is 194 Å². The second-order valence-electron chi connectivity index (χ2n) is 8.97. The fourth-order valence-electron chi connectivity index (χ4n) is 3.24. The van der Waals surface area contributed by atoms with Gasteiger partial charge in [0, 0.05) is 34.7 Å². The first-order chi connectivity index (χ1) is 15.0. The number of methoxy groups -OCH3 is 1. The molecule has 2 aromatic rings. The van der Waals surface area contributed by atoms with Gasteiger partial charge in [0.25, 0.3) is 0 Å². The zero-order valence-corrected chi connectivity index (χ0v) is 20.0. The van der Waals surface area contributed by atoms with Crippen LogP contribution in [-0.4, -0.2) is 30.4 Å². The van der Waals surface area contributed by atoms with E-state index in [1.807, 2.05) is 45.9 Å². The summed E-state index contributed by atoms with van der Waals surface area (Å²) in [5.41, 5.74) is 2.71. The van der Waals surface area contributed by atoms with Gasteiger partial charge in [-0.2, -0.15) is 0 Å². The molecule has 0 bridgehead atoms. The van der Waals surface area contributed by atoms with Crippen molar-refractivity contribution >= 4 is 35.1 Å². The standard InChI is InChI=1S/C25H31ClN2O4/c1-16-6-9-19(15-21(16)26)22(29)13-18(14-23(30)32-5)12-17-7-10-20(11-8-17)27-24(31)28-25(2,3)4/h6-11,15,18H,12-14H2,1-5H3,(H2,27,28,31)/t18-/m1/s1. The van der Waals surface area contributed by atoms with Gasteiger partial charge in [-0.25, -0.2) is 4.79 Å². The van der Waals surface area contributed by atoms with Crippen molar-refractivity contribution in [1.29, 1.82) is 0 Å². The maximum Gasteiger partial charge on any atom is 0.319 e. The number of amides is 2. The number of nitrogens with one attached hydrogen (secondary N) is 2. The first-order valence-corrected chi connectivity index (χ1v) is 10.9. The first kappa shape index (κ1) is 25.4. The van der Waals surface area contributed by atoms with Gasteiger partial charge in [0.2, 0.25) is 0 Å². The molecular weight excluding hydrogens is 428 g/mol. The number of hydrogen-bond donors (Lipinski definition) is 2. The number of esters is 1. The van der Waals surface area contributed by atoms with Gasteiger partial charge in [0.05, 0.1) is 7.11 Å². The summed E-state index contributed by atoms with van der Waals surface area (Å²) in [6.07, 6.45) is 0.854. The van der Waals surface area contributed by atoms with Crippen LogP contribution in [0.15, 0.2) is 42.5 Å². The van der Waals surface area contributed by atoms with E-state index in [1.165, 1.54) is 7.11 Å². The van der Waals surface area contributed by atoms with Gasteiger partial charge in [-0.1, -0.05) is 35.9 Å². The molecule has 0 radical (unpaired) electrons. The van der Waals surface area contributed by atoms with Crippen LogP contribution in [-0.2, 0) is 16.0 Å². The van der Waals surface area contributed by atoms with Crippen molar-refractivity contribution in [3.8, 4) is 0 Å². The number of halogens is 1. The van der Waals surface area contributed by atoms with Gasteiger partial charge in [-0.3, -0.25) is 9.59 Å². The summed E-state index contributed by atoms with van der Waals surface area (Å²) in [6.45, 7) is 7.59. The number of carbonyl (C=O) groups excluding carboxylic acids is 3. The minimum absolute atomic E-state index is 0.0714. The minimum atomic E-state index is -0.359. The normalized spacial score (nSPS) is 12.1. The highest BCUT2D eigenvalue weighted by Crippen LogP contribution is 2.23. The molecular formula is C25H31ClN2O4. The lowest BCUT2D eigenvalue weighted by atomic mass is 9.89. The van der Waals surface area contributed by atoms with Crippen LogP contribution in [0, 0.1) is 12.8 Å². The Balaban J connectivity index is 2.07. The van der Waals surface area contributed by atoms with Crippen LogP contribution in [0.1, 0.15) is 55.1 Å². The zero-order valence-electron chi connectivity index (χ0n) is 19.3. The minimum Gasteiger partial charge on any atom is -0.469 e. The van der Waals surface area contributed by atoms with E-state index in [0.717, 1.165) is 11.1 Å². The number of aryl methyl sites for hydroxylation is 1. The monoisotopic (exact) mass is 458 g/mol. The fraction of sp³-hybridized carbons (Fsp3) is 0.400. The zero-order chi connectivity index (χ0) is 23.9. The van der Waals surface area contributed by atoms with E-state index in [0.29, 0.717) is 22.7 Å². The summed E-state index contributed by atoms with van der Waals surface area (Å²) >= 11 is 6.16. The van der Waals surface area contributed by atoms with Gasteiger partial charge in [-0.15, -0.1) is 0 Å². The lowest BCUT2D eigenvalue weighted by Gasteiger charge is -2.21. The molecule has 0 fully saturated rings. The van der Waals surface area contributed by atoms with Crippen molar-refractivity contribution < 1.29 is 19.1 Å². The molecule has 2 amide bonds. The molecule has 1 atom stereocenters. The highest BCUT2D eigenvalue weighted by Gasteiger charge is 2.20. The van der Waals surface area contributed by atoms with Crippen molar-refractivity contribution in [1.82, 2.24) is 5.32 Å². The molecule has 6 nitrogen and oxygen atoms in total. The molecule has 2 aromatic carbocycles. The summed E-state index contributed by atoms with van der Waals surface area (Å²) in [6, 6.07) is 12.3. The Morgan fingerprint density at radius 2 is 1.69 bits per heavy atom. The Kier molecular flexibility index (Phi) is 8.84. The van der Waals surface area contributed by atoms with Crippen LogP contribution in [0.3, 0.4) is 0 Å². The maximum atomic E-state index is 12.8. The number of carbonyl (C=O) groups is 3. The molecule has 0 aromatic heterocycles. The second-order valence-corrected chi connectivity index (χ2v) is 9.37. The van der Waals surface area contributed by atoms with Crippen molar-refractivity contribution in [2.45, 2.75) is 52.5 Å². The van der Waals surface area contributed by atoms with Crippen molar-refractivity contribution in [3.63, 3.8) is 0 Å². The molecule has 0 aliphatic carbocycles. The van der Waals surface area contributed by atoms with Crippen LogP contribution in [0.4, 0.5) is 10.5 Å². The number of urea groups is 1. The number of rotatable bonds is 8. The van der Waals surface area contributed by atoms with E-state index in [4.69, 9.17) is 16.3 Å². The largest absolute Gasteiger partial charge is 0.469 e. The number of hydrogen-bond acceptors (Lipinski definition) is 4. The molecule has 2 rings (SSSR count). The molecule has 0 aliphatic rings. The van der Waals surface area contributed by atoms with Gasteiger partial charge >= 0.3 is 12.0 Å². The number of anilines is 1. The number of benzene rings is 2. The van der Waals surface area contributed by atoms with Gasteiger partial charge < -0.3 is 15.4 Å². The van der Waals surface area contributed by atoms with Crippen LogP contribution in [0.2, 0.25) is 5.02 Å². The Hall–Kier alpha value is -2.86. The fourth-order valence-corrected chi connectivity index (χ4v) is 3.42. The van der Waals surface area contributed by atoms with E-state index in [2.05, 4.69) is 10.6 Å². The Morgan fingerprint density at radius 1 is 1.03 bits per heavy atom. The van der Waals surface area contributed by atoms with E-state index in [-0.39, 0.29) is 42.1 Å². The average Bonchev–Trinajstić information content (AvgIpc) is 2.69. The van der Waals surface area contributed by atoms with Crippen molar-refractivity contribution in [3.05, 3.63) is 64.2 Å². The van der Waals surface area contributed by atoms with Crippen LogP contribution in [0.5, 0.6) is 0 Å². The topological polar surface area (TPSA) is 84.5 Å². The highest BCUT2D eigenvalue weighted by molar-refractivity contribution is 6.31. The molecule has 0 unspecified atom stereocenters. The SMILES string of the molecule is COC(=O)C[C@@H](CC(=O)c1ccc(C)c(Cl)c1)Cc1ccc(NC(=O)NC(C)(C)C)cc1. The van der Waals surface area contributed by atoms with Crippen LogP contribution in [0.25, 0.3) is 0 Å². The predicted octanol–water partition coefficient (Wildman–Crippen LogP) is 5.56. The van der Waals surface area contributed by atoms with Crippen LogP contribution < -0.4 is 10.6 Å². The van der Waals surface area contributed by atoms with E-state index in [1.54, 1.807) is 24.3 Å². The summed E-state index contributed by atoms with van der Waals surface area (Å²) < 4.78 is 4.82. The molecule has 0 saturated carbocycles.